The van der Waals surface area contributed by atoms with E-state index in [1.807, 2.05) is 43.3 Å². The highest BCUT2D eigenvalue weighted by Crippen LogP contribution is 2.47. The lowest BCUT2D eigenvalue weighted by atomic mass is 9.71. The van der Waals surface area contributed by atoms with Gasteiger partial charge in [0.25, 0.3) is 0 Å². The zero-order chi connectivity index (χ0) is 26.8. The largest absolute Gasteiger partial charge is 0.496 e. The number of hydrogen-bond acceptors (Lipinski definition) is 7. The van der Waals surface area contributed by atoms with Crippen molar-refractivity contribution in [3.63, 3.8) is 0 Å². The summed E-state index contributed by atoms with van der Waals surface area (Å²) in [5.74, 6) is -0.257. The summed E-state index contributed by atoms with van der Waals surface area (Å²) in [6.07, 6.45) is 4.66. The number of Topliss-reactive ketones (excluding diaryl/α,β-unsaturated/α-hetero) is 1. The quantitative estimate of drug-likeness (QED) is 0.403. The molecule has 2 aliphatic carbocycles. The summed E-state index contributed by atoms with van der Waals surface area (Å²) in [5.41, 5.74) is 4.33. The lowest BCUT2D eigenvalue weighted by molar-refractivity contribution is -0.144. The molecular weight excluding hydrogens is 482 g/mol. The van der Waals surface area contributed by atoms with Gasteiger partial charge in [-0.1, -0.05) is 30.3 Å². The molecule has 1 aliphatic heterocycles. The molecule has 198 valence electrons. The molecule has 0 spiro atoms. The molecule has 0 radical (unpaired) electrons. The van der Waals surface area contributed by atoms with Crippen LogP contribution in [0.25, 0.3) is 0 Å². The van der Waals surface area contributed by atoms with Crippen LogP contribution in [0.4, 0.5) is 0 Å². The molecule has 7 nitrogen and oxygen atoms in total. The Hall–Kier alpha value is -3.87. The standard InChI is InChI=1S/C31H33NO6/c1-18-28(31(35)38-22-8-4-5-9-22)29(20-12-14-23(15-13-20)37-19(2)33)30-25(32-18)16-21(17-26(30)34)24-10-6-7-11-27(24)36-3/h6-7,10-15,21-22,29,32H,4-5,8-9,16-17H2,1-3H3/t21-,29-/m0/s1. The third kappa shape index (κ3) is 5.10. The molecule has 0 amide bonds. The molecule has 5 rings (SSSR count). The number of hydrogen-bond donors (Lipinski definition) is 1. The van der Waals surface area contributed by atoms with Crippen LogP contribution in [0.5, 0.6) is 11.5 Å². The van der Waals surface area contributed by atoms with Crippen molar-refractivity contribution >= 4 is 17.7 Å². The van der Waals surface area contributed by atoms with Gasteiger partial charge in [-0.2, -0.15) is 0 Å². The maximum atomic E-state index is 13.8. The number of methoxy groups -OCH3 is 1. The van der Waals surface area contributed by atoms with Crippen LogP contribution in [0.15, 0.2) is 71.1 Å². The Morgan fingerprint density at radius 3 is 2.37 bits per heavy atom. The number of allylic oxidation sites excluding steroid dienone is 3. The summed E-state index contributed by atoms with van der Waals surface area (Å²) >= 11 is 0. The van der Waals surface area contributed by atoms with Crippen molar-refractivity contribution in [3.8, 4) is 11.5 Å². The number of para-hydroxylation sites is 1. The number of ketones is 1. The van der Waals surface area contributed by atoms with E-state index in [1.165, 1.54) is 6.92 Å². The second kappa shape index (κ2) is 10.9. The normalized spacial score (nSPS) is 21.6. The first-order chi connectivity index (χ1) is 18.4. The Morgan fingerprint density at radius 2 is 1.68 bits per heavy atom. The van der Waals surface area contributed by atoms with Crippen LogP contribution >= 0.6 is 0 Å². The van der Waals surface area contributed by atoms with Gasteiger partial charge < -0.3 is 19.5 Å². The number of esters is 2. The predicted molar refractivity (Wildman–Crippen MR) is 142 cm³/mol. The van der Waals surface area contributed by atoms with E-state index in [1.54, 1.807) is 19.2 Å². The average Bonchev–Trinajstić information content (AvgIpc) is 3.40. The Kier molecular flexibility index (Phi) is 7.36. The number of nitrogens with one attached hydrogen (secondary N) is 1. The number of benzene rings is 2. The Morgan fingerprint density at radius 1 is 0.974 bits per heavy atom. The van der Waals surface area contributed by atoms with Crippen molar-refractivity contribution in [2.45, 2.75) is 70.3 Å². The zero-order valence-corrected chi connectivity index (χ0v) is 22.0. The van der Waals surface area contributed by atoms with Crippen molar-refractivity contribution in [1.29, 1.82) is 0 Å². The van der Waals surface area contributed by atoms with Crippen LogP contribution in [0.1, 0.15) is 75.3 Å². The smallest absolute Gasteiger partial charge is 0.337 e. The van der Waals surface area contributed by atoms with Gasteiger partial charge >= 0.3 is 11.9 Å². The molecule has 0 aromatic heterocycles. The van der Waals surface area contributed by atoms with Crippen LogP contribution in [0.3, 0.4) is 0 Å². The molecule has 7 heteroatoms. The number of dihydropyridines is 1. The average molecular weight is 516 g/mol. The molecule has 2 atom stereocenters. The van der Waals surface area contributed by atoms with Gasteiger partial charge in [-0.25, -0.2) is 4.79 Å². The van der Waals surface area contributed by atoms with Gasteiger partial charge in [0.2, 0.25) is 0 Å². The van der Waals surface area contributed by atoms with Gasteiger partial charge in [0, 0.05) is 42.1 Å². The highest BCUT2D eigenvalue weighted by Gasteiger charge is 2.42. The molecule has 2 aromatic rings. The van der Waals surface area contributed by atoms with E-state index < -0.39 is 11.9 Å². The van der Waals surface area contributed by atoms with Gasteiger partial charge in [-0.3, -0.25) is 9.59 Å². The maximum Gasteiger partial charge on any atom is 0.337 e. The number of ether oxygens (including phenoxy) is 3. The van der Waals surface area contributed by atoms with Gasteiger partial charge in [0.1, 0.15) is 17.6 Å². The van der Waals surface area contributed by atoms with E-state index in [-0.39, 0.29) is 23.8 Å². The first-order valence-corrected chi connectivity index (χ1v) is 13.2. The Balaban J connectivity index is 1.54. The highest BCUT2D eigenvalue weighted by atomic mass is 16.5. The van der Waals surface area contributed by atoms with Crippen LogP contribution < -0.4 is 14.8 Å². The molecule has 0 saturated heterocycles. The third-order valence-corrected chi connectivity index (χ3v) is 7.68. The van der Waals surface area contributed by atoms with Crippen molar-refractivity contribution in [2.24, 2.45) is 0 Å². The van der Waals surface area contributed by atoms with Crippen LogP contribution in [0, 0.1) is 0 Å². The van der Waals surface area contributed by atoms with E-state index in [9.17, 15) is 14.4 Å². The molecule has 3 aliphatic rings. The van der Waals surface area contributed by atoms with E-state index >= 15 is 0 Å². The van der Waals surface area contributed by atoms with Crippen molar-refractivity contribution in [1.82, 2.24) is 5.32 Å². The maximum absolute atomic E-state index is 13.8. The molecule has 0 bridgehead atoms. The minimum absolute atomic E-state index is 0.0117. The molecule has 1 fully saturated rings. The first-order valence-electron chi connectivity index (χ1n) is 13.2. The topological polar surface area (TPSA) is 90.9 Å². The molecule has 1 heterocycles. The minimum atomic E-state index is -0.572. The summed E-state index contributed by atoms with van der Waals surface area (Å²) in [7, 11) is 1.64. The number of carbonyl (C=O) groups excluding carboxylic acids is 3. The van der Waals surface area contributed by atoms with E-state index in [2.05, 4.69) is 5.32 Å². The van der Waals surface area contributed by atoms with E-state index in [0.717, 1.165) is 48.3 Å². The van der Waals surface area contributed by atoms with Gasteiger partial charge in [-0.15, -0.1) is 0 Å². The Labute approximate surface area is 222 Å². The van der Waals surface area contributed by atoms with E-state index in [0.29, 0.717) is 35.4 Å². The van der Waals surface area contributed by atoms with E-state index in [4.69, 9.17) is 14.2 Å². The second-order valence-electron chi connectivity index (χ2n) is 10.2. The summed E-state index contributed by atoms with van der Waals surface area (Å²) in [6.45, 7) is 3.21. The summed E-state index contributed by atoms with van der Waals surface area (Å²) in [6, 6.07) is 14.8. The lowest BCUT2D eigenvalue weighted by Crippen LogP contribution is -2.36. The monoisotopic (exact) mass is 515 g/mol. The van der Waals surface area contributed by atoms with Gasteiger partial charge in [0.15, 0.2) is 5.78 Å². The highest BCUT2D eigenvalue weighted by molar-refractivity contribution is 6.04. The second-order valence-corrected chi connectivity index (χ2v) is 10.2. The predicted octanol–water partition coefficient (Wildman–Crippen LogP) is 5.47. The first kappa shape index (κ1) is 25.8. The molecule has 2 aromatic carbocycles. The molecule has 38 heavy (non-hydrogen) atoms. The fourth-order valence-corrected chi connectivity index (χ4v) is 5.98. The summed E-state index contributed by atoms with van der Waals surface area (Å²) in [5, 5.41) is 3.41. The van der Waals surface area contributed by atoms with Crippen LogP contribution in [0.2, 0.25) is 0 Å². The molecule has 1 saturated carbocycles. The van der Waals surface area contributed by atoms with Crippen LogP contribution in [-0.2, 0) is 19.1 Å². The van der Waals surface area contributed by atoms with Crippen molar-refractivity contribution in [3.05, 3.63) is 82.2 Å². The third-order valence-electron chi connectivity index (χ3n) is 7.68. The fourth-order valence-electron chi connectivity index (χ4n) is 5.98. The Bertz CT molecular complexity index is 1320. The van der Waals surface area contributed by atoms with Crippen molar-refractivity contribution < 1.29 is 28.6 Å². The van der Waals surface area contributed by atoms with Gasteiger partial charge in [0.05, 0.1) is 12.7 Å². The lowest BCUT2D eigenvalue weighted by Gasteiger charge is -2.37. The van der Waals surface area contributed by atoms with Crippen LogP contribution in [-0.4, -0.2) is 30.9 Å². The molecular formula is C31H33NO6. The summed E-state index contributed by atoms with van der Waals surface area (Å²) in [4.78, 5) is 38.8. The zero-order valence-electron chi connectivity index (χ0n) is 22.0. The molecule has 0 unspecified atom stereocenters. The van der Waals surface area contributed by atoms with Crippen molar-refractivity contribution in [2.75, 3.05) is 7.11 Å². The molecule has 1 N–H and O–H groups in total. The number of rotatable bonds is 6. The fraction of sp³-hybridized carbons (Fsp3) is 0.387. The van der Waals surface area contributed by atoms with Gasteiger partial charge in [-0.05, 0) is 68.4 Å². The SMILES string of the molecule is COc1ccccc1[C@@H]1CC(=O)C2=C(C1)NC(C)=C(C(=O)OC1CCCC1)[C@@H]2c1ccc(OC(C)=O)cc1. The minimum Gasteiger partial charge on any atom is -0.496 e. The summed E-state index contributed by atoms with van der Waals surface area (Å²) < 4.78 is 16.7. The number of carbonyl (C=O) groups is 3.